The zero-order valence-electron chi connectivity index (χ0n) is 7.01. The van der Waals surface area contributed by atoms with Crippen molar-refractivity contribution in [1.82, 2.24) is 4.90 Å². The number of hydrogen-bond acceptors (Lipinski definition) is 3. The number of carbonyl (C=O) groups is 2. The molecule has 1 saturated heterocycles. The third kappa shape index (κ3) is 0.966. The van der Waals surface area contributed by atoms with Gasteiger partial charge in [0.2, 0.25) is 5.91 Å². The van der Waals surface area contributed by atoms with Gasteiger partial charge in [-0.2, -0.15) is 0 Å². The van der Waals surface area contributed by atoms with Crippen LogP contribution in [0.3, 0.4) is 0 Å². The first-order valence-corrected chi connectivity index (χ1v) is 4.33. The summed E-state index contributed by atoms with van der Waals surface area (Å²) >= 11 is 0. The number of nitrogens with zero attached hydrogens (tertiary/aromatic N) is 1. The number of hydrogen-bond donors (Lipinski definition) is 2. The molecule has 1 aliphatic carbocycles. The number of fused-ring (bicyclic) bond motifs is 1. The van der Waals surface area contributed by atoms with Gasteiger partial charge in [0, 0.05) is 5.92 Å². The Hall–Kier alpha value is -1.10. The van der Waals surface area contributed by atoms with Gasteiger partial charge in [-0.1, -0.05) is 0 Å². The first-order chi connectivity index (χ1) is 6.16. The lowest BCUT2D eigenvalue weighted by Gasteiger charge is -2.30. The average molecular weight is 185 g/mol. The van der Waals surface area contributed by atoms with Crippen LogP contribution in [0.2, 0.25) is 0 Å². The lowest BCUT2D eigenvalue weighted by molar-refractivity contribution is -0.131. The van der Waals surface area contributed by atoms with Gasteiger partial charge in [0.25, 0.3) is 0 Å². The molecule has 0 unspecified atom stereocenters. The summed E-state index contributed by atoms with van der Waals surface area (Å²) in [5.74, 6) is -0.412. The smallest absolute Gasteiger partial charge is 0.414 e. The Labute approximate surface area is 75.0 Å². The Morgan fingerprint density at radius 1 is 1.54 bits per heavy atom. The number of amides is 2. The fraction of sp³-hybridized carbons (Fsp3) is 0.750. The monoisotopic (exact) mass is 185 g/mol. The summed E-state index contributed by atoms with van der Waals surface area (Å²) in [6.07, 6.45) is 0.383. The minimum absolute atomic E-state index is 0.0635. The number of aliphatic hydroxyl groups excluding tert-OH is 1. The summed E-state index contributed by atoms with van der Waals surface area (Å²) < 4.78 is 0. The highest BCUT2D eigenvalue weighted by molar-refractivity contribution is 5.95. The molecule has 5 heteroatoms. The molecule has 1 heterocycles. The summed E-state index contributed by atoms with van der Waals surface area (Å²) in [4.78, 5) is 22.9. The van der Waals surface area contributed by atoms with E-state index >= 15 is 0 Å². The summed E-state index contributed by atoms with van der Waals surface area (Å²) in [6, 6.07) is -0.497. The van der Waals surface area contributed by atoms with Gasteiger partial charge in [0.15, 0.2) is 0 Å². The quantitative estimate of drug-likeness (QED) is 0.597. The molecule has 2 rings (SSSR count). The Morgan fingerprint density at radius 2 is 2.23 bits per heavy atom. The van der Waals surface area contributed by atoms with Gasteiger partial charge in [-0.3, -0.25) is 4.79 Å². The van der Waals surface area contributed by atoms with Crippen LogP contribution in [0.4, 0.5) is 4.79 Å². The highest BCUT2D eigenvalue weighted by atomic mass is 16.4. The van der Waals surface area contributed by atoms with E-state index in [4.69, 9.17) is 10.2 Å². The molecule has 2 fully saturated rings. The fourth-order valence-electron chi connectivity index (χ4n) is 2.28. The molecule has 5 nitrogen and oxygen atoms in total. The number of likely N-dealkylation sites (tertiary alicyclic amines) is 1. The number of imide groups is 1. The molecule has 0 radical (unpaired) electrons. The standard InChI is InChI=1S/C8H11NO4/c10-3-6-4-1-2-5(4)7(11)9(6)8(12)13/h4-6,10H,1-3H2,(H,12,13)/t4-,5+,6+/m0/s1. The molecule has 0 aromatic rings. The van der Waals surface area contributed by atoms with Crippen molar-refractivity contribution in [3.8, 4) is 0 Å². The first-order valence-electron chi connectivity index (χ1n) is 4.33. The van der Waals surface area contributed by atoms with E-state index in [2.05, 4.69) is 0 Å². The van der Waals surface area contributed by atoms with Gasteiger partial charge in [0.1, 0.15) is 0 Å². The van der Waals surface area contributed by atoms with Crippen molar-refractivity contribution >= 4 is 12.0 Å². The Bertz CT molecular complexity index is 265. The molecule has 2 amide bonds. The van der Waals surface area contributed by atoms with Crippen LogP contribution in [-0.2, 0) is 4.79 Å². The fourth-order valence-corrected chi connectivity index (χ4v) is 2.28. The molecule has 0 aromatic heterocycles. The van der Waals surface area contributed by atoms with Crippen molar-refractivity contribution < 1.29 is 19.8 Å². The predicted molar refractivity (Wildman–Crippen MR) is 42.0 cm³/mol. The average Bonchev–Trinajstić information content (AvgIpc) is 2.17. The highest BCUT2D eigenvalue weighted by Crippen LogP contribution is 2.45. The van der Waals surface area contributed by atoms with E-state index in [1.54, 1.807) is 0 Å². The third-order valence-corrected chi connectivity index (χ3v) is 3.10. The molecular weight excluding hydrogens is 174 g/mol. The van der Waals surface area contributed by atoms with Crippen LogP contribution in [0.5, 0.6) is 0 Å². The normalized spacial score (nSPS) is 37.2. The van der Waals surface area contributed by atoms with Gasteiger partial charge < -0.3 is 10.2 Å². The van der Waals surface area contributed by atoms with Gasteiger partial charge in [-0.05, 0) is 18.8 Å². The van der Waals surface area contributed by atoms with E-state index < -0.39 is 12.1 Å². The molecule has 0 bridgehead atoms. The number of rotatable bonds is 1. The lowest BCUT2D eigenvalue weighted by Crippen LogP contribution is -2.41. The van der Waals surface area contributed by atoms with Crippen molar-refractivity contribution in [2.45, 2.75) is 18.9 Å². The van der Waals surface area contributed by atoms with E-state index in [1.165, 1.54) is 0 Å². The molecule has 2 aliphatic rings. The molecular formula is C8H11NO4. The zero-order valence-corrected chi connectivity index (χ0v) is 7.01. The van der Waals surface area contributed by atoms with Crippen LogP contribution in [-0.4, -0.2) is 39.8 Å². The molecule has 1 saturated carbocycles. The molecule has 2 N–H and O–H groups in total. The maximum absolute atomic E-state index is 11.4. The first kappa shape index (κ1) is 8.50. The maximum atomic E-state index is 11.4. The van der Waals surface area contributed by atoms with Crippen molar-refractivity contribution in [3.05, 3.63) is 0 Å². The summed E-state index contributed by atoms with van der Waals surface area (Å²) in [6.45, 7) is -0.251. The van der Waals surface area contributed by atoms with E-state index in [0.29, 0.717) is 0 Å². The minimum Gasteiger partial charge on any atom is -0.465 e. The van der Waals surface area contributed by atoms with E-state index in [0.717, 1.165) is 17.7 Å². The minimum atomic E-state index is -1.24. The van der Waals surface area contributed by atoms with E-state index in [-0.39, 0.29) is 24.3 Å². The zero-order chi connectivity index (χ0) is 9.59. The second-order valence-electron chi connectivity index (χ2n) is 3.59. The van der Waals surface area contributed by atoms with Crippen molar-refractivity contribution in [3.63, 3.8) is 0 Å². The number of carboxylic acid groups (broad SMARTS) is 1. The Morgan fingerprint density at radius 3 is 2.62 bits per heavy atom. The van der Waals surface area contributed by atoms with E-state index in [1.807, 2.05) is 0 Å². The second kappa shape index (κ2) is 2.70. The van der Waals surface area contributed by atoms with Crippen LogP contribution >= 0.6 is 0 Å². The topological polar surface area (TPSA) is 77.8 Å². The summed E-state index contributed by atoms with van der Waals surface area (Å²) in [5, 5.41) is 17.7. The lowest BCUT2D eigenvalue weighted by atomic mass is 9.73. The predicted octanol–water partition coefficient (Wildman–Crippen LogP) is -0.106. The van der Waals surface area contributed by atoms with Gasteiger partial charge in [-0.15, -0.1) is 0 Å². The SMILES string of the molecule is O=C(O)N1C(=O)[C@@H]2CC[C@@H]2[C@H]1CO. The van der Waals surface area contributed by atoms with Crippen molar-refractivity contribution in [1.29, 1.82) is 0 Å². The third-order valence-electron chi connectivity index (χ3n) is 3.10. The molecule has 72 valence electrons. The van der Waals surface area contributed by atoms with Crippen molar-refractivity contribution in [2.24, 2.45) is 11.8 Å². The number of aliphatic hydroxyl groups is 1. The maximum Gasteiger partial charge on any atom is 0.414 e. The van der Waals surface area contributed by atoms with Gasteiger partial charge in [-0.25, -0.2) is 9.69 Å². The molecule has 1 aliphatic heterocycles. The largest absolute Gasteiger partial charge is 0.465 e. The van der Waals surface area contributed by atoms with Crippen LogP contribution in [0.15, 0.2) is 0 Å². The van der Waals surface area contributed by atoms with Crippen LogP contribution in [0.25, 0.3) is 0 Å². The van der Waals surface area contributed by atoms with Crippen LogP contribution < -0.4 is 0 Å². The summed E-state index contributed by atoms with van der Waals surface area (Å²) in [5.41, 5.74) is 0. The summed E-state index contributed by atoms with van der Waals surface area (Å²) in [7, 11) is 0. The highest BCUT2D eigenvalue weighted by Gasteiger charge is 2.54. The second-order valence-corrected chi connectivity index (χ2v) is 3.59. The molecule has 0 aromatic carbocycles. The van der Waals surface area contributed by atoms with Gasteiger partial charge >= 0.3 is 6.09 Å². The Balaban J connectivity index is 2.24. The Kier molecular flexibility index (Phi) is 1.76. The van der Waals surface area contributed by atoms with Crippen molar-refractivity contribution in [2.75, 3.05) is 6.61 Å². The van der Waals surface area contributed by atoms with Gasteiger partial charge in [0.05, 0.1) is 12.6 Å². The van der Waals surface area contributed by atoms with E-state index in [9.17, 15) is 9.59 Å². The van der Waals surface area contributed by atoms with Crippen LogP contribution in [0.1, 0.15) is 12.8 Å². The molecule has 13 heavy (non-hydrogen) atoms. The molecule has 3 atom stereocenters. The number of carbonyl (C=O) groups excluding carboxylic acids is 1. The molecule has 0 spiro atoms. The van der Waals surface area contributed by atoms with Crippen LogP contribution in [0, 0.1) is 11.8 Å².